The van der Waals surface area contributed by atoms with Gasteiger partial charge in [0, 0.05) is 18.2 Å². The number of nitrogens with one attached hydrogen (secondary N) is 1. The van der Waals surface area contributed by atoms with Crippen molar-refractivity contribution in [3.05, 3.63) is 20.5 Å². The van der Waals surface area contributed by atoms with Crippen LogP contribution in [-0.4, -0.2) is 30.6 Å². The van der Waals surface area contributed by atoms with Gasteiger partial charge in [0.1, 0.15) is 4.21 Å². The number of hydrogen-bond acceptors (Lipinski definition) is 6. The Kier molecular flexibility index (Phi) is 5.50. The van der Waals surface area contributed by atoms with E-state index in [1.165, 1.54) is 0 Å². The zero-order valence-electron chi connectivity index (χ0n) is 10.9. The summed E-state index contributed by atoms with van der Waals surface area (Å²) in [6, 6.07) is 0.935. The summed E-state index contributed by atoms with van der Waals surface area (Å²) in [5.74, 6) is 0. The first-order valence-corrected chi connectivity index (χ1v) is 8.41. The molecule has 0 fully saturated rings. The monoisotopic (exact) mass is 342 g/mol. The average molecular weight is 343 g/mol. The number of halogens is 1. The van der Waals surface area contributed by atoms with Gasteiger partial charge in [-0.3, -0.25) is 10.1 Å². The molecule has 0 bridgehead atoms. The quantitative estimate of drug-likeness (QED) is 0.582. The molecule has 0 spiro atoms. The fourth-order valence-electron chi connectivity index (χ4n) is 1.52. The van der Waals surface area contributed by atoms with Crippen LogP contribution in [0.2, 0.25) is 4.34 Å². The molecule has 0 saturated heterocycles. The molecule has 0 radical (unpaired) electrons. The molecule has 114 valence electrons. The third kappa shape index (κ3) is 3.89. The maximum atomic E-state index is 12.2. The Labute approximate surface area is 125 Å². The summed E-state index contributed by atoms with van der Waals surface area (Å²) < 4.78 is 26.5. The minimum Gasteiger partial charge on any atom is -0.396 e. The van der Waals surface area contributed by atoms with Crippen molar-refractivity contribution < 1.29 is 18.4 Å². The summed E-state index contributed by atoms with van der Waals surface area (Å²) in [4.78, 5) is 9.95. The molecule has 0 aliphatic carbocycles. The number of hydrogen-bond donors (Lipinski definition) is 2. The fraction of sp³-hybridized carbons (Fsp3) is 0.600. The van der Waals surface area contributed by atoms with Crippen LogP contribution in [0.4, 0.5) is 5.69 Å². The maximum Gasteiger partial charge on any atom is 0.300 e. The first-order chi connectivity index (χ1) is 9.15. The number of rotatable bonds is 7. The van der Waals surface area contributed by atoms with Crippen molar-refractivity contribution >= 4 is 38.6 Å². The van der Waals surface area contributed by atoms with E-state index < -0.39 is 26.2 Å². The van der Waals surface area contributed by atoms with Crippen LogP contribution in [-0.2, 0) is 10.0 Å². The first kappa shape index (κ1) is 17.3. The molecule has 0 amide bonds. The first-order valence-electron chi connectivity index (χ1n) is 5.74. The second-order valence-electron chi connectivity index (χ2n) is 4.47. The van der Waals surface area contributed by atoms with Crippen molar-refractivity contribution in [3.63, 3.8) is 0 Å². The van der Waals surface area contributed by atoms with Crippen LogP contribution in [0.5, 0.6) is 0 Å². The molecule has 0 aliphatic rings. The van der Waals surface area contributed by atoms with Crippen molar-refractivity contribution in [2.75, 3.05) is 6.61 Å². The molecule has 1 heterocycles. The molecule has 1 unspecified atom stereocenters. The number of nitrogens with zero attached hydrogens (tertiary/aromatic N) is 1. The van der Waals surface area contributed by atoms with E-state index in [9.17, 15) is 18.5 Å². The lowest BCUT2D eigenvalue weighted by molar-refractivity contribution is -0.384. The van der Waals surface area contributed by atoms with Crippen molar-refractivity contribution in [2.45, 2.75) is 36.4 Å². The summed E-state index contributed by atoms with van der Waals surface area (Å²) in [7, 11) is -3.92. The van der Waals surface area contributed by atoms with E-state index in [1.807, 2.05) is 0 Å². The van der Waals surface area contributed by atoms with Crippen LogP contribution in [0.25, 0.3) is 0 Å². The number of sulfonamides is 1. The average Bonchev–Trinajstić information content (AvgIpc) is 2.72. The van der Waals surface area contributed by atoms with Crippen LogP contribution in [0.1, 0.15) is 26.7 Å². The molecule has 2 N–H and O–H groups in total. The zero-order chi connectivity index (χ0) is 15.6. The standard InChI is InChI=1S/C10H15ClN2O5S2/c1-3-10(2,4-5-14)12-20(17,18)8-6-7(13(15)16)9(11)19-8/h6,12,14H,3-5H2,1-2H3. The lowest BCUT2D eigenvalue weighted by Crippen LogP contribution is -2.45. The highest BCUT2D eigenvalue weighted by Crippen LogP contribution is 2.36. The third-order valence-electron chi connectivity index (χ3n) is 2.93. The predicted octanol–water partition coefficient (Wildman–Crippen LogP) is 2.14. The lowest BCUT2D eigenvalue weighted by atomic mass is 9.97. The Hall–Kier alpha value is -0.740. The predicted molar refractivity (Wildman–Crippen MR) is 76.7 cm³/mol. The van der Waals surface area contributed by atoms with Crippen molar-refractivity contribution in [1.29, 1.82) is 0 Å². The van der Waals surface area contributed by atoms with Gasteiger partial charge in [-0.2, -0.15) is 0 Å². The molecule has 1 atom stereocenters. The normalized spacial score (nSPS) is 15.0. The Bertz CT molecular complexity index is 601. The van der Waals surface area contributed by atoms with Crippen LogP contribution < -0.4 is 4.72 Å². The van der Waals surface area contributed by atoms with Gasteiger partial charge in [-0.1, -0.05) is 18.5 Å². The number of thiophene rings is 1. The van der Waals surface area contributed by atoms with Crippen LogP contribution in [0.3, 0.4) is 0 Å². The molecule has 1 aromatic rings. The summed E-state index contributed by atoms with van der Waals surface area (Å²) in [6.07, 6.45) is 0.706. The second kappa shape index (κ2) is 6.35. The Morgan fingerprint density at radius 1 is 1.60 bits per heavy atom. The van der Waals surface area contributed by atoms with Gasteiger partial charge in [-0.25, -0.2) is 13.1 Å². The molecule has 0 saturated carbocycles. The molecular formula is C10H15ClN2O5S2. The van der Waals surface area contributed by atoms with Gasteiger partial charge in [0.25, 0.3) is 15.7 Å². The van der Waals surface area contributed by atoms with Crippen LogP contribution in [0, 0.1) is 10.1 Å². The molecule has 1 aromatic heterocycles. The molecule has 0 aliphatic heterocycles. The van der Waals surface area contributed by atoms with Gasteiger partial charge in [-0.05, 0) is 19.8 Å². The molecule has 7 nitrogen and oxygen atoms in total. The molecule has 10 heteroatoms. The number of nitro groups is 1. The van der Waals surface area contributed by atoms with Crippen molar-refractivity contribution in [3.8, 4) is 0 Å². The van der Waals surface area contributed by atoms with Crippen molar-refractivity contribution in [1.82, 2.24) is 4.72 Å². The molecule has 1 rings (SSSR count). The van der Waals surface area contributed by atoms with Gasteiger partial charge in [0.05, 0.1) is 4.92 Å². The van der Waals surface area contributed by atoms with E-state index in [0.29, 0.717) is 17.8 Å². The topological polar surface area (TPSA) is 110 Å². The number of aliphatic hydroxyl groups excluding tert-OH is 1. The van der Waals surface area contributed by atoms with Gasteiger partial charge >= 0.3 is 0 Å². The second-order valence-corrected chi connectivity index (χ2v) is 8.04. The SMILES string of the molecule is CCC(C)(CCO)NS(=O)(=O)c1cc([N+](=O)[O-])c(Cl)s1. The summed E-state index contributed by atoms with van der Waals surface area (Å²) in [6.45, 7) is 3.27. The van der Waals surface area contributed by atoms with Crippen LogP contribution in [0.15, 0.2) is 10.3 Å². The van der Waals surface area contributed by atoms with Gasteiger partial charge in [0.2, 0.25) is 0 Å². The van der Waals surface area contributed by atoms with E-state index in [1.54, 1.807) is 13.8 Å². The highest BCUT2D eigenvalue weighted by Gasteiger charge is 2.32. The third-order valence-corrected chi connectivity index (χ3v) is 6.38. The Balaban J connectivity index is 3.11. The molecule has 20 heavy (non-hydrogen) atoms. The Morgan fingerprint density at radius 2 is 2.20 bits per heavy atom. The summed E-state index contributed by atoms with van der Waals surface area (Å²) in [5, 5.41) is 19.7. The molecule has 0 aromatic carbocycles. The van der Waals surface area contributed by atoms with Gasteiger partial charge in [0.15, 0.2) is 4.34 Å². The summed E-state index contributed by atoms with van der Waals surface area (Å²) >= 11 is 6.29. The fourth-order valence-corrected chi connectivity index (χ4v) is 4.69. The maximum absolute atomic E-state index is 12.2. The highest BCUT2D eigenvalue weighted by atomic mass is 35.5. The lowest BCUT2D eigenvalue weighted by Gasteiger charge is -2.28. The largest absolute Gasteiger partial charge is 0.396 e. The molecular weight excluding hydrogens is 328 g/mol. The van der Waals surface area contributed by atoms with Gasteiger partial charge in [-0.15, -0.1) is 11.3 Å². The van der Waals surface area contributed by atoms with E-state index >= 15 is 0 Å². The smallest absolute Gasteiger partial charge is 0.300 e. The minimum absolute atomic E-state index is 0.168. The number of aliphatic hydroxyl groups is 1. The van der Waals surface area contributed by atoms with E-state index in [4.69, 9.17) is 16.7 Å². The van der Waals surface area contributed by atoms with Gasteiger partial charge < -0.3 is 5.11 Å². The Morgan fingerprint density at radius 3 is 2.60 bits per heavy atom. The van der Waals surface area contributed by atoms with Crippen molar-refractivity contribution in [2.24, 2.45) is 0 Å². The summed E-state index contributed by atoms with van der Waals surface area (Å²) in [5.41, 5.74) is -1.25. The van der Waals surface area contributed by atoms with E-state index in [0.717, 1.165) is 6.07 Å². The zero-order valence-corrected chi connectivity index (χ0v) is 13.3. The van der Waals surface area contributed by atoms with E-state index in [-0.39, 0.29) is 21.6 Å². The van der Waals surface area contributed by atoms with E-state index in [2.05, 4.69) is 4.72 Å². The van der Waals surface area contributed by atoms with Crippen LogP contribution >= 0.6 is 22.9 Å². The minimum atomic E-state index is -3.92. The highest BCUT2D eigenvalue weighted by molar-refractivity contribution is 7.91.